The van der Waals surface area contributed by atoms with Gasteiger partial charge < -0.3 is 15.8 Å². The van der Waals surface area contributed by atoms with E-state index in [0.29, 0.717) is 6.54 Å². The van der Waals surface area contributed by atoms with Crippen LogP contribution in [-0.4, -0.2) is 19.2 Å². The third-order valence-corrected chi connectivity index (χ3v) is 2.94. The van der Waals surface area contributed by atoms with Crippen molar-refractivity contribution in [2.24, 2.45) is 5.73 Å². The summed E-state index contributed by atoms with van der Waals surface area (Å²) in [6.07, 6.45) is 0. The number of benzene rings is 1. The fourth-order valence-electron chi connectivity index (χ4n) is 1.57. The van der Waals surface area contributed by atoms with Crippen molar-refractivity contribution in [3.8, 4) is 5.75 Å². The van der Waals surface area contributed by atoms with Crippen molar-refractivity contribution < 1.29 is 4.74 Å². The van der Waals surface area contributed by atoms with Crippen LogP contribution in [0.1, 0.15) is 25.0 Å². The fraction of sp³-hybridized carbons (Fsp3) is 0.538. The molecule has 3 N–H and O–H groups in total. The molecule has 0 fully saturated rings. The maximum absolute atomic E-state index is 5.71. The highest BCUT2D eigenvalue weighted by molar-refractivity contribution is 5.59. The Balaban J connectivity index is 3.04. The zero-order chi connectivity index (χ0) is 12.3. The molecule has 0 bridgehead atoms. The van der Waals surface area contributed by atoms with Gasteiger partial charge in [-0.05, 0) is 51.0 Å². The number of hydrogen-bond acceptors (Lipinski definition) is 3. The van der Waals surface area contributed by atoms with Crippen molar-refractivity contribution in [1.82, 2.24) is 0 Å². The van der Waals surface area contributed by atoms with Crippen LogP contribution in [0.2, 0.25) is 0 Å². The normalized spacial score (nSPS) is 11.4. The highest BCUT2D eigenvalue weighted by Crippen LogP contribution is 2.28. The van der Waals surface area contributed by atoms with E-state index in [-0.39, 0.29) is 5.54 Å². The molecule has 0 aliphatic heterocycles. The number of methoxy groups -OCH3 is 1. The van der Waals surface area contributed by atoms with Gasteiger partial charge in [0.05, 0.1) is 7.11 Å². The second kappa shape index (κ2) is 4.74. The van der Waals surface area contributed by atoms with Gasteiger partial charge in [-0.2, -0.15) is 0 Å². The molecule has 0 amide bonds. The molecule has 0 spiro atoms. The highest BCUT2D eigenvalue weighted by Gasteiger charge is 2.16. The zero-order valence-corrected chi connectivity index (χ0v) is 10.8. The van der Waals surface area contributed by atoms with Crippen molar-refractivity contribution in [1.29, 1.82) is 0 Å². The van der Waals surface area contributed by atoms with Gasteiger partial charge in [0.2, 0.25) is 0 Å². The first kappa shape index (κ1) is 12.8. The van der Waals surface area contributed by atoms with Crippen molar-refractivity contribution in [2.45, 2.75) is 33.2 Å². The zero-order valence-electron chi connectivity index (χ0n) is 10.8. The van der Waals surface area contributed by atoms with Crippen LogP contribution in [0, 0.1) is 13.8 Å². The lowest BCUT2D eigenvalue weighted by molar-refractivity contribution is 0.411. The van der Waals surface area contributed by atoms with Crippen LogP contribution in [0.4, 0.5) is 5.69 Å². The number of anilines is 1. The number of nitrogens with one attached hydrogen (secondary N) is 1. The van der Waals surface area contributed by atoms with Gasteiger partial charge >= 0.3 is 0 Å². The smallest absolute Gasteiger partial charge is 0.122 e. The molecule has 0 radical (unpaired) electrons. The lowest BCUT2D eigenvalue weighted by Gasteiger charge is -2.27. The Labute approximate surface area is 98.0 Å². The summed E-state index contributed by atoms with van der Waals surface area (Å²) in [5.41, 5.74) is 9.11. The number of nitrogens with two attached hydrogens (primary N) is 1. The lowest BCUT2D eigenvalue weighted by atomic mass is 10.0. The molecule has 0 aliphatic rings. The molecule has 0 aromatic heterocycles. The van der Waals surface area contributed by atoms with Gasteiger partial charge in [0.25, 0.3) is 0 Å². The molecule has 0 aliphatic carbocycles. The Morgan fingerprint density at radius 3 is 2.38 bits per heavy atom. The molecule has 16 heavy (non-hydrogen) atoms. The maximum Gasteiger partial charge on any atom is 0.122 e. The van der Waals surface area contributed by atoms with E-state index in [4.69, 9.17) is 10.5 Å². The first-order valence-corrected chi connectivity index (χ1v) is 5.53. The van der Waals surface area contributed by atoms with Gasteiger partial charge in [0, 0.05) is 17.8 Å². The van der Waals surface area contributed by atoms with Gasteiger partial charge in [0.15, 0.2) is 0 Å². The average Bonchev–Trinajstić information content (AvgIpc) is 2.25. The molecule has 0 unspecified atom stereocenters. The average molecular weight is 222 g/mol. The maximum atomic E-state index is 5.71. The van der Waals surface area contributed by atoms with Crippen molar-refractivity contribution in [3.05, 3.63) is 23.3 Å². The monoisotopic (exact) mass is 222 g/mol. The lowest BCUT2D eigenvalue weighted by Crippen LogP contribution is -2.39. The number of rotatable bonds is 4. The summed E-state index contributed by atoms with van der Waals surface area (Å²) >= 11 is 0. The van der Waals surface area contributed by atoms with Gasteiger partial charge in [-0.25, -0.2) is 0 Å². The minimum atomic E-state index is -0.0915. The van der Waals surface area contributed by atoms with Crippen LogP contribution in [0.15, 0.2) is 12.1 Å². The van der Waals surface area contributed by atoms with Gasteiger partial charge in [0.1, 0.15) is 5.75 Å². The largest absolute Gasteiger partial charge is 0.496 e. The van der Waals surface area contributed by atoms with E-state index in [0.717, 1.165) is 11.4 Å². The van der Waals surface area contributed by atoms with E-state index in [1.807, 2.05) is 12.1 Å². The van der Waals surface area contributed by atoms with E-state index in [2.05, 4.69) is 33.0 Å². The Hall–Kier alpha value is -1.22. The van der Waals surface area contributed by atoms with E-state index in [9.17, 15) is 0 Å². The number of ether oxygens (including phenoxy) is 1. The first-order valence-electron chi connectivity index (χ1n) is 5.53. The standard InChI is InChI=1S/C13H22N2O/c1-9-10(2)12(16-5)7-6-11(9)15-13(3,4)8-14/h6-7,15H,8,14H2,1-5H3. The van der Waals surface area contributed by atoms with Gasteiger partial charge in [-0.15, -0.1) is 0 Å². The molecule has 90 valence electrons. The second-order valence-corrected chi connectivity index (χ2v) is 4.78. The Bertz CT molecular complexity index is 372. The molecule has 0 heterocycles. The summed E-state index contributed by atoms with van der Waals surface area (Å²) < 4.78 is 5.28. The molecule has 0 saturated carbocycles. The molecular weight excluding hydrogens is 200 g/mol. The van der Waals surface area contributed by atoms with Gasteiger partial charge in [-0.1, -0.05) is 0 Å². The van der Waals surface area contributed by atoms with Crippen molar-refractivity contribution >= 4 is 5.69 Å². The SMILES string of the molecule is COc1ccc(NC(C)(C)CN)c(C)c1C. The Kier molecular flexibility index (Phi) is 3.81. The second-order valence-electron chi connectivity index (χ2n) is 4.78. The molecule has 1 aromatic carbocycles. The third-order valence-electron chi connectivity index (χ3n) is 2.94. The summed E-state index contributed by atoms with van der Waals surface area (Å²) in [5.74, 6) is 0.925. The number of hydrogen-bond donors (Lipinski definition) is 2. The Morgan fingerprint density at radius 1 is 1.25 bits per heavy atom. The predicted molar refractivity (Wildman–Crippen MR) is 69.2 cm³/mol. The summed E-state index contributed by atoms with van der Waals surface area (Å²) in [4.78, 5) is 0. The fourth-order valence-corrected chi connectivity index (χ4v) is 1.57. The van der Waals surface area contributed by atoms with Crippen molar-refractivity contribution in [3.63, 3.8) is 0 Å². The van der Waals surface area contributed by atoms with E-state index in [1.54, 1.807) is 7.11 Å². The summed E-state index contributed by atoms with van der Waals surface area (Å²) in [5, 5.41) is 3.45. The van der Waals surface area contributed by atoms with Crippen LogP contribution in [-0.2, 0) is 0 Å². The predicted octanol–water partition coefficient (Wildman–Crippen LogP) is 2.46. The summed E-state index contributed by atoms with van der Waals surface area (Å²) in [6.45, 7) is 8.93. The summed E-state index contributed by atoms with van der Waals surface area (Å²) in [7, 11) is 1.69. The quantitative estimate of drug-likeness (QED) is 0.822. The molecule has 3 heteroatoms. The van der Waals surface area contributed by atoms with Crippen LogP contribution >= 0.6 is 0 Å². The van der Waals surface area contributed by atoms with Crippen LogP contribution in [0.3, 0.4) is 0 Å². The first-order chi connectivity index (χ1) is 7.41. The van der Waals surface area contributed by atoms with Crippen LogP contribution in [0.25, 0.3) is 0 Å². The molecule has 0 saturated heterocycles. The minimum absolute atomic E-state index is 0.0915. The molecular formula is C13H22N2O. The van der Waals surface area contributed by atoms with Crippen LogP contribution in [0.5, 0.6) is 5.75 Å². The van der Waals surface area contributed by atoms with Crippen molar-refractivity contribution in [2.75, 3.05) is 19.0 Å². The Morgan fingerprint density at radius 2 is 1.88 bits per heavy atom. The molecule has 1 rings (SSSR count). The minimum Gasteiger partial charge on any atom is -0.496 e. The topological polar surface area (TPSA) is 47.3 Å². The molecule has 1 aromatic rings. The molecule has 0 atom stereocenters. The van der Waals surface area contributed by atoms with E-state index >= 15 is 0 Å². The third kappa shape index (κ3) is 2.67. The summed E-state index contributed by atoms with van der Waals surface area (Å²) in [6, 6.07) is 4.02. The van der Waals surface area contributed by atoms with Crippen LogP contribution < -0.4 is 15.8 Å². The van der Waals surface area contributed by atoms with E-state index < -0.39 is 0 Å². The molecule has 3 nitrogen and oxygen atoms in total. The van der Waals surface area contributed by atoms with E-state index in [1.165, 1.54) is 11.1 Å². The highest BCUT2D eigenvalue weighted by atomic mass is 16.5. The van der Waals surface area contributed by atoms with Gasteiger partial charge in [-0.3, -0.25) is 0 Å².